The van der Waals surface area contributed by atoms with Crippen LogP contribution >= 0.6 is 0 Å². The SMILES string of the molecule is COc1cc2occ(-c3ccccc3)c2cc1OCc1ccccc1. The molecule has 0 aliphatic rings. The van der Waals surface area contributed by atoms with Gasteiger partial charge in [0.25, 0.3) is 0 Å². The molecule has 3 nitrogen and oxygen atoms in total. The molecule has 0 atom stereocenters. The molecule has 0 saturated carbocycles. The lowest BCUT2D eigenvalue weighted by atomic mass is 10.0. The molecule has 124 valence electrons. The zero-order chi connectivity index (χ0) is 17.1. The highest BCUT2D eigenvalue weighted by molar-refractivity contribution is 5.95. The van der Waals surface area contributed by atoms with Crippen molar-refractivity contribution in [2.24, 2.45) is 0 Å². The van der Waals surface area contributed by atoms with E-state index in [9.17, 15) is 0 Å². The minimum absolute atomic E-state index is 0.487. The van der Waals surface area contributed by atoms with Crippen LogP contribution in [0.5, 0.6) is 11.5 Å². The van der Waals surface area contributed by atoms with Crippen LogP contribution < -0.4 is 9.47 Å². The Morgan fingerprint density at radius 2 is 1.56 bits per heavy atom. The molecule has 0 radical (unpaired) electrons. The third kappa shape index (κ3) is 3.09. The fraction of sp³-hybridized carbons (Fsp3) is 0.0909. The van der Waals surface area contributed by atoms with Crippen molar-refractivity contribution in [1.29, 1.82) is 0 Å². The van der Waals surface area contributed by atoms with Crippen LogP contribution in [0.1, 0.15) is 5.56 Å². The molecule has 3 heteroatoms. The summed E-state index contributed by atoms with van der Waals surface area (Å²) in [7, 11) is 1.64. The number of hydrogen-bond donors (Lipinski definition) is 0. The van der Waals surface area contributed by atoms with Gasteiger partial charge in [0.05, 0.1) is 13.4 Å². The van der Waals surface area contributed by atoms with Gasteiger partial charge in [-0.25, -0.2) is 0 Å². The lowest BCUT2D eigenvalue weighted by Gasteiger charge is -2.11. The molecule has 3 aromatic carbocycles. The van der Waals surface area contributed by atoms with Crippen LogP contribution in [0.25, 0.3) is 22.1 Å². The second kappa shape index (κ2) is 6.73. The Hall–Kier alpha value is -3.20. The zero-order valence-electron chi connectivity index (χ0n) is 13.9. The van der Waals surface area contributed by atoms with Crippen molar-refractivity contribution >= 4 is 11.0 Å². The summed E-state index contributed by atoms with van der Waals surface area (Å²) < 4.78 is 17.2. The maximum absolute atomic E-state index is 6.02. The highest BCUT2D eigenvalue weighted by Gasteiger charge is 2.14. The molecule has 4 aromatic rings. The van der Waals surface area contributed by atoms with Crippen LogP contribution in [0, 0.1) is 0 Å². The van der Waals surface area contributed by atoms with Crippen LogP contribution in [0.2, 0.25) is 0 Å². The third-order valence-electron chi connectivity index (χ3n) is 4.18. The zero-order valence-corrected chi connectivity index (χ0v) is 13.9. The minimum Gasteiger partial charge on any atom is -0.493 e. The lowest BCUT2D eigenvalue weighted by molar-refractivity contribution is 0.285. The first kappa shape index (κ1) is 15.3. The maximum Gasteiger partial charge on any atom is 0.164 e. The van der Waals surface area contributed by atoms with E-state index < -0.39 is 0 Å². The van der Waals surface area contributed by atoms with E-state index in [0.717, 1.165) is 27.7 Å². The summed E-state index contributed by atoms with van der Waals surface area (Å²) in [5.74, 6) is 1.37. The molecule has 0 N–H and O–H groups in total. The molecule has 4 rings (SSSR count). The van der Waals surface area contributed by atoms with E-state index in [0.29, 0.717) is 18.1 Å². The molecule has 0 aliphatic carbocycles. The Morgan fingerprint density at radius 1 is 0.840 bits per heavy atom. The minimum atomic E-state index is 0.487. The molecule has 0 fully saturated rings. The van der Waals surface area contributed by atoms with Gasteiger partial charge >= 0.3 is 0 Å². The quantitative estimate of drug-likeness (QED) is 0.471. The molecule has 0 bridgehead atoms. The second-order valence-corrected chi connectivity index (χ2v) is 5.79. The van der Waals surface area contributed by atoms with Gasteiger partial charge in [0.1, 0.15) is 12.2 Å². The van der Waals surface area contributed by atoms with Crippen LogP contribution in [0.15, 0.2) is 83.5 Å². The Bertz CT molecular complexity index is 972. The number of rotatable bonds is 5. The first-order valence-corrected chi connectivity index (χ1v) is 8.16. The van der Waals surface area contributed by atoms with Crippen LogP contribution in [-0.2, 0) is 6.61 Å². The molecule has 0 spiro atoms. The number of ether oxygens (including phenoxy) is 2. The van der Waals surface area contributed by atoms with E-state index in [4.69, 9.17) is 13.9 Å². The molecule has 0 unspecified atom stereocenters. The van der Waals surface area contributed by atoms with Crippen molar-refractivity contribution < 1.29 is 13.9 Å². The summed E-state index contributed by atoms with van der Waals surface area (Å²) in [5, 5.41) is 1.01. The van der Waals surface area contributed by atoms with Crippen LogP contribution in [-0.4, -0.2) is 7.11 Å². The van der Waals surface area contributed by atoms with Crippen molar-refractivity contribution in [1.82, 2.24) is 0 Å². The maximum atomic E-state index is 6.02. The first-order valence-electron chi connectivity index (χ1n) is 8.16. The summed E-state index contributed by atoms with van der Waals surface area (Å²) in [6.07, 6.45) is 1.78. The Morgan fingerprint density at radius 3 is 2.28 bits per heavy atom. The van der Waals surface area contributed by atoms with Gasteiger partial charge in [-0.3, -0.25) is 0 Å². The normalized spacial score (nSPS) is 10.8. The molecule has 0 amide bonds. The molecule has 1 heterocycles. The second-order valence-electron chi connectivity index (χ2n) is 5.79. The predicted octanol–water partition coefficient (Wildman–Crippen LogP) is 5.69. The van der Waals surface area contributed by atoms with Gasteiger partial charge in [-0.1, -0.05) is 60.7 Å². The van der Waals surface area contributed by atoms with Gasteiger partial charge in [-0.05, 0) is 17.2 Å². The highest BCUT2D eigenvalue weighted by atomic mass is 16.5. The number of methoxy groups -OCH3 is 1. The summed E-state index contributed by atoms with van der Waals surface area (Å²) in [6.45, 7) is 0.487. The number of furan rings is 1. The number of hydrogen-bond acceptors (Lipinski definition) is 3. The Balaban J connectivity index is 1.72. The molecular weight excluding hydrogens is 312 g/mol. The summed E-state index contributed by atoms with van der Waals surface area (Å²) >= 11 is 0. The van der Waals surface area contributed by atoms with E-state index in [2.05, 4.69) is 12.1 Å². The molecule has 25 heavy (non-hydrogen) atoms. The van der Waals surface area contributed by atoms with E-state index in [-0.39, 0.29) is 0 Å². The average Bonchev–Trinajstić information content (AvgIpc) is 3.10. The van der Waals surface area contributed by atoms with E-state index in [1.54, 1.807) is 13.4 Å². The third-order valence-corrected chi connectivity index (χ3v) is 4.18. The molecule has 0 saturated heterocycles. The van der Waals surface area contributed by atoms with Gasteiger partial charge in [0.15, 0.2) is 11.5 Å². The standard InChI is InChI=1S/C22H18O3/c1-23-21-13-20-18(19(15-25-20)17-10-6-3-7-11-17)12-22(21)24-14-16-8-4-2-5-9-16/h2-13,15H,14H2,1H3. The smallest absolute Gasteiger partial charge is 0.164 e. The molecule has 1 aromatic heterocycles. The Kier molecular flexibility index (Phi) is 4.13. The highest BCUT2D eigenvalue weighted by Crippen LogP contribution is 2.38. The average molecular weight is 330 g/mol. The van der Waals surface area contributed by atoms with Gasteiger partial charge in [0, 0.05) is 17.0 Å². The van der Waals surface area contributed by atoms with Crippen molar-refractivity contribution in [3.05, 3.63) is 84.6 Å². The number of fused-ring (bicyclic) bond motifs is 1. The summed E-state index contributed by atoms with van der Waals surface area (Å²) in [6, 6.07) is 24.1. The van der Waals surface area contributed by atoms with E-state index >= 15 is 0 Å². The van der Waals surface area contributed by atoms with E-state index in [1.165, 1.54) is 0 Å². The van der Waals surface area contributed by atoms with Gasteiger partial charge in [0.2, 0.25) is 0 Å². The first-order chi connectivity index (χ1) is 12.3. The van der Waals surface area contributed by atoms with Crippen molar-refractivity contribution in [2.75, 3.05) is 7.11 Å². The van der Waals surface area contributed by atoms with Crippen molar-refractivity contribution in [3.8, 4) is 22.6 Å². The topological polar surface area (TPSA) is 31.6 Å². The fourth-order valence-corrected chi connectivity index (χ4v) is 2.88. The van der Waals surface area contributed by atoms with E-state index in [1.807, 2.05) is 60.7 Å². The molecule has 0 aliphatic heterocycles. The largest absolute Gasteiger partial charge is 0.493 e. The van der Waals surface area contributed by atoms with Gasteiger partial charge < -0.3 is 13.9 Å². The number of benzene rings is 3. The van der Waals surface area contributed by atoms with Crippen LogP contribution in [0.3, 0.4) is 0 Å². The lowest BCUT2D eigenvalue weighted by Crippen LogP contribution is -1.97. The molecular formula is C22H18O3. The summed E-state index contributed by atoms with van der Waals surface area (Å²) in [5.41, 5.74) is 4.05. The van der Waals surface area contributed by atoms with Gasteiger partial charge in [-0.15, -0.1) is 0 Å². The van der Waals surface area contributed by atoms with Crippen LogP contribution in [0.4, 0.5) is 0 Å². The Labute approximate surface area is 146 Å². The fourth-order valence-electron chi connectivity index (χ4n) is 2.88. The van der Waals surface area contributed by atoms with Gasteiger partial charge in [-0.2, -0.15) is 0 Å². The van der Waals surface area contributed by atoms with Crippen molar-refractivity contribution in [2.45, 2.75) is 6.61 Å². The van der Waals surface area contributed by atoms with Crippen molar-refractivity contribution in [3.63, 3.8) is 0 Å². The monoisotopic (exact) mass is 330 g/mol. The predicted molar refractivity (Wildman–Crippen MR) is 99.0 cm³/mol. The summed E-state index contributed by atoms with van der Waals surface area (Å²) in [4.78, 5) is 0.